The molecule has 3 heterocycles. The van der Waals surface area contributed by atoms with E-state index in [0.29, 0.717) is 39.3 Å². The van der Waals surface area contributed by atoms with Crippen LogP contribution in [0.3, 0.4) is 0 Å². The van der Waals surface area contributed by atoms with Gasteiger partial charge in [0, 0.05) is 31.3 Å². The van der Waals surface area contributed by atoms with Gasteiger partial charge in [-0.3, -0.25) is 19.3 Å². The van der Waals surface area contributed by atoms with Crippen molar-refractivity contribution < 1.29 is 22.6 Å². The second kappa shape index (κ2) is 11.3. The summed E-state index contributed by atoms with van der Waals surface area (Å²) in [4.78, 5) is 8.48. The molecule has 200 valence electrons. The van der Waals surface area contributed by atoms with Gasteiger partial charge in [-0.1, -0.05) is 17.7 Å². The number of aromatic nitrogens is 5. The predicted octanol–water partition coefficient (Wildman–Crippen LogP) is 4.22. The van der Waals surface area contributed by atoms with E-state index < -0.39 is 21.4 Å². The number of anilines is 1. The lowest BCUT2D eigenvalue weighted by molar-refractivity contribution is 0.0989. The Bertz CT molecular complexity index is 1510. The first-order valence-corrected chi connectivity index (χ1v) is 13.4. The summed E-state index contributed by atoms with van der Waals surface area (Å²) in [6, 6.07) is 10.3. The maximum atomic E-state index is 13.6. The minimum Gasteiger partial charge on any atom is -0.494 e. The monoisotopic (exact) mass is 558 g/mol. The van der Waals surface area contributed by atoms with E-state index in [9.17, 15) is 8.42 Å². The number of para-hydroxylation sites is 1. The first-order valence-electron chi connectivity index (χ1n) is 11.4. The molecule has 1 aromatic carbocycles. The van der Waals surface area contributed by atoms with Crippen LogP contribution in [0.4, 0.5) is 5.95 Å². The third kappa shape index (κ3) is 5.42. The molecule has 0 radical (unpaired) electrons. The van der Waals surface area contributed by atoms with E-state index >= 15 is 0 Å². The molecule has 11 nitrogen and oxygen atoms in total. The van der Waals surface area contributed by atoms with Gasteiger partial charge in [0.05, 0.1) is 24.9 Å². The van der Waals surface area contributed by atoms with E-state index in [4.69, 9.17) is 25.8 Å². The van der Waals surface area contributed by atoms with E-state index in [2.05, 4.69) is 24.9 Å². The lowest BCUT2D eigenvalue weighted by atomic mass is 10.2. The Kier molecular flexibility index (Phi) is 8.14. The number of nitrogens with zero attached hydrogens (tertiary/aromatic N) is 5. The summed E-state index contributed by atoms with van der Waals surface area (Å²) < 4.78 is 48.1. The molecule has 1 N–H and O–H groups in total. The van der Waals surface area contributed by atoms with Gasteiger partial charge < -0.3 is 14.2 Å². The fourth-order valence-electron chi connectivity index (χ4n) is 3.97. The van der Waals surface area contributed by atoms with Crippen LogP contribution in [0.15, 0.2) is 55.0 Å². The maximum Gasteiger partial charge on any atom is 0.243 e. The second-order valence-electron chi connectivity index (χ2n) is 8.35. The highest BCUT2D eigenvalue weighted by Crippen LogP contribution is 2.38. The molecule has 0 spiro atoms. The quantitative estimate of drug-likeness (QED) is 0.304. The fraction of sp³-hybridized carbons (Fsp3) is 0.280. The minimum absolute atomic E-state index is 0.0740. The SMILES string of the molecule is COc1cccc(OC)c1-n1c(NS(=O)(=O)C(C)C(OC)c2ccc(Cl)cn2)nnc1-c1cncc(C)c1. The normalized spacial score (nSPS) is 13.1. The Morgan fingerprint density at radius 3 is 2.29 bits per heavy atom. The van der Waals surface area contributed by atoms with Crippen LogP contribution >= 0.6 is 11.6 Å². The summed E-state index contributed by atoms with van der Waals surface area (Å²) in [7, 11) is 0.326. The zero-order chi connectivity index (χ0) is 27.4. The summed E-state index contributed by atoms with van der Waals surface area (Å²) in [5.74, 6) is 1.09. The highest BCUT2D eigenvalue weighted by Gasteiger charge is 2.34. The number of rotatable bonds is 10. The minimum atomic E-state index is -4.10. The number of aryl methyl sites for hydroxylation is 1. The predicted molar refractivity (Wildman–Crippen MR) is 143 cm³/mol. The zero-order valence-electron chi connectivity index (χ0n) is 21.4. The van der Waals surface area contributed by atoms with Crippen molar-refractivity contribution in [2.24, 2.45) is 0 Å². The lowest BCUT2D eigenvalue weighted by Crippen LogP contribution is -2.33. The van der Waals surface area contributed by atoms with Crippen LogP contribution in [-0.2, 0) is 14.8 Å². The molecule has 0 amide bonds. The molecule has 0 bridgehead atoms. The molecule has 3 aromatic heterocycles. The Balaban J connectivity index is 1.84. The molecule has 38 heavy (non-hydrogen) atoms. The Morgan fingerprint density at radius 2 is 1.71 bits per heavy atom. The van der Waals surface area contributed by atoms with Gasteiger partial charge in [-0.05, 0) is 49.7 Å². The molecular weight excluding hydrogens is 532 g/mol. The summed E-state index contributed by atoms with van der Waals surface area (Å²) in [5.41, 5.74) is 2.32. The second-order valence-corrected chi connectivity index (χ2v) is 10.8. The molecule has 13 heteroatoms. The molecule has 0 aliphatic heterocycles. The van der Waals surface area contributed by atoms with Crippen molar-refractivity contribution in [3.8, 4) is 28.6 Å². The van der Waals surface area contributed by atoms with E-state index in [1.165, 1.54) is 39.0 Å². The van der Waals surface area contributed by atoms with Gasteiger partial charge in [-0.25, -0.2) is 8.42 Å². The van der Waals surface area contributed by atoms with Crippen LogP contribution in [0.2, 0.25) is 5.02 Å². The highest BCUT2D eigenvalue weighted by molar-refractivity contribution is 7.93. The van der Waals surface area contributed by atoms with Gasteiger partial charge in [-0.2, -0.15) is 0 Å². The van der Waals surface area contributed by atoms with Crippen LogP contribution in [0.25, 0.3) is 17.1 Å². The summed E-state index contributed by atoms with van der Waals surface area (Å²) in [6.45, 7) is 3.41. The van der Waals surface area contributed by atoms with Gasteiger partial charge in [0.25, 0.3) is 0 Å². The third-order valence-corrected chi connectivity index (χ3v) is 7.78. The van der Waals surface area contributed by atoms with E-state index in [1.54, 1.807) is 42.7 Å². The number of methoxy groups -OCH3 is 3. The first kappa shape index (κ1) is 27.3. The third-order valence-electron chi connectivity index (χ3n) is 5.87. The average molecular weight is 559 g/mol. The van der Waals surface area contributed by atoms with Crippen molar-refractivity contribution in [3.63, 3.8) is 0 Å². The Labute approximate surface area is 225 Å². The van der Waals surface area contributed by atoms with Crippen LogP contribution in [0.5, 0.6) is 11.5 Å². The number of benzene rings is 1. The molecule has 0 aliphatic carbocycles. The van der Waals surface area contributed by atoms with Crippen molar-refractivity contribution in [3.05, 3.63) is 71.3 Å². The number of ether oxygens (including phenoxy) is 3. The number of hydrogen-bond donors (Lipinski definition) is 1. The van der Waals surface area contributed by atoms with Crippen LogP contribution < -0.4 is 14.2 Å². The van der Waals surface area contributed by atoms with Crippen molar-refractivity contribution in [1.82, 2.24) is 24.7 Å². The number of hydrogen-bond acceptors (Lipinski definition) is 9. The molecule has 4 rings (SSSR count). The topological polar surface area (TPSA) is 130 Å². The van der Waals surface area contributed by atoms with Gasteiger partial charge in [0.2, 0.25) is 16.0 Å². The number of halogens is 1. The van der Waals surface area contributed by atoms with Crippen LogP contribution in [0, 0.1) is 6.92 Å². The molecule has 0 fully saturated rings. The van der Waals surface area contributed by atoms with E-state index in [1.807, 2.05) is 13.0 Å². The molecule has 2 atom stereocenters. The van der Waals surface area contributed by atoms with E-state index in [-0.39, 0.29) is 5.95 Å². The highest BCUT2D eigenvalue weighted by atomic mass is 35.5. The van der Waals surface area contributed by atoms with E-state index in [0.717, 1.165) is 5.56 Å². The zero-order valence-corrected chi connectivity index (χ0v) is 23.0. The van der Waals surface area contributed by atoms with Crippen LogP contribution in [0.1, 0.15) is 24.3 Å². The van der Waals surface area contributed by atoms with Crippen molar-refractivity contribution in [1.29, 1.82) is 0 Å². The summed E-state index contributed by atoms with van der Waals surface area (Å²) in [6.07, 6.45) is 3.86. The lowest BCUT2D eigenvalue weighted by Gasteiger charge is -2.23. The fourth-order valence-corrected chi connectivity index (χ4v) is 5.23. The number of sulfonamides is 1. The van der Waals surface area contributed by atoms with Gasteiger partial charge in [0.1, 0.15) is 28.5 Å². The summed E-state index contributed by atoms with van der Waals surface area (Å²) in [5, 5.41) is 7.86. The molecule has 0 saturated heterocycles. The molecule has 0 saturated carbocycles. The van der Waals surface area contributed by atoms with Gasteiger partial charge in [0.15, 0.2) is 5.82 Å². The Hall–Kier alpha value is -3.74. The molecule has 4 aromatic rings. The van der Waals surface area contributed by atoms with Crippen molar-refractivity contribution in [2.75, 3.05) is 26.1 Å². The largest absolute Gasteiger partial charge is 0.494 e. The first-order chi connectivity index (χ1) is 18.2. The van der Waals surface area contributed by atoms with Crippen molar-refractivity contribution >= 4 is 27.6 Å². The number of nitrogens with one attached hydrogen (secondary N) is 1. The molecular formula is C25H27ClN6O5S. The number of pyridine rings is 2. The molecule has 2 unspecified atom stereocenters. The summed E-state index contributed by atoms with van der Waals surface area (Å²) >= 11 is 5.95. The van der Waals surface area contributed by atoms with Crippen molar-refractivity contribution in [2.45, 2.75) is 25.2 Å². The van der Waals surface area contributed by atoms with Crippen LogP contribution in [-0.4, -0.2) is 59.7 Å². The van der Waals surface area contributed by atoms with Gasteiger partial charge >= 0.3 is 0 Å². The smallest absolute Gasteiger partial charge is 0.243 e. The average Bonchev–Trinajstić information content (AvgIpc) is 3.31. The maximum absolute atomic E-state index is 13.6. The van der Waals surface area contributed by atoms with Gasteiger partial charge in [-0.15, -0.1) is 10.2 Å². The standard InChI is InChI=1S/C25H27ClN6O5S/c1-15-11-17(13-27-12-15)24-29-30-25(32(24)22-20(35-3)7-6-8-21(22)36-4)31-38(33,34)16(2)23(37-5)19-10-9-18(26)14-28-19/h6-14,16,23H,1-5H3,(H,30,31). The molecule has 0 aliphatic rings. The Morgan fingerprint density at radius 1 is 1.00 bits per heavy atom.